The number of Topliss-reactive ketones (excluding diaryl/α,β-unsaturated/α-hetero) is 1. The van der Waals surface area contributed by atoms with E-state index in [4.69, 9.17) is 10.8 Å². The molecule has 0 saturated heterocycles. The Morgan fingerprint density at radius 1 is 1.64 bits per heavy atom. The standard InChI is InChI=1S/C6H11NO4/c1-4(9)6(10)11-3-5(7)2-8/h5,8H,2-3,7H2,1H3. The Morgan fingerprint density at radius 2 is 2.18 bits per heavy atom. The molecule has 0 radical (unpaired) electrons. The SMILES string of the molecule is CC(=O)C(=O)OCC(N)CO. The summed E-state index contributed by atoms with van der Waals surface area (Å²) in [5.74, 6) is -1.59. The van der Waals surface area contributed by atoms with E-state index in [9.17, 15) is 9.59 Å². The number of ether oxygens (including phenoxy) is 1. The van der Waals surface area contributed by atoms with Crippen LogP contribution in [0.5, 0.6) is 0 Å². The Balaban J connectivity index is 3.54. The van der Waals surface area contributed by atoms with Crippen molar-refractivity contribution in [3.63, 3.8) is 0 Å². The summed E-state index contributed by atoms with van der Waals surface area (Å²) in [6.45, 7) is 0.701. The van der Waals surface area contributed by atoms with Crippen molar-refractivity contribution in [2.45, 2.75) is 13.0 Å². The lowest BCUT2D eigenvalue weighted by molar-refractivity contribution is -0.153. The molecule has 1 atom stereocenters. The second-order valence-electron chi connectivity index (χ2n) is 2.10. The van der Waals surface area contributed by atoms with Crippen molar-refractivity contribution in [1.82, 2.24) is 0 Å². The van der Waals surface area contributed by atoms with Crippen molar-refractivity contribution in [1.29, 1.82) is 0 Å². The lowest BCUT2D eigenvalue weighted by atomic mass is 10.4. The lowest BCUT2D eigenvalue weighted by Gasteiger charge is -2.06. The zero-order valence-electron chi connectivity index (χ0n) is 6.24. The highest BCUT2D eigenvalue weighted by atomic mass is 16.5. The third-order valence-corrected chi connectivity index (χ3v) is 0.950. The zero-order chi connectivity index (χ0) is 8.85. The Morgan fingerprint density at radius 3 is 2.55 bits per heavy atom. The molecular formula is C6H11NO4. The van der Waals surface area contributed by atoms with Gasteiger partial charge in [0, 0.05) is 6.92 Å². The molecule has 0 aliphatic rings. The summed E-state index contributed by atoms with van der Waals surface area (Å²) < 4.78 is 4.38. The predicted molar refractivity (Wildman–Crippen MR) is 36.7 cm³/mol. The Kier molecular flexibility index (Phi) is 4.40. The molecule has 0 amide bonds. The number of ketones is 1. The number of esters is 1. The zero-order valence-corrected chi connectivity index (χ0v) is 6.24. The van der Waals surface area contributed by atoms with Crippen LogP contribution in [0.4, 0.5) is 0 Å². The molecule has 5 heteroatoms. The fourth-order valence-corrected chi connectivity index (χ4v) is 0.337. The number of nitrogens with two attached hydrogens (primary N) is 1. The van der Waals surface area contributed by atoms with Crippen LogP contribution in [0.25, 0.3) is 0 Å². The van der Waals surface area contributed by atoms with Gasteiger partial charge in [0.1, 0.15) is 6.61 Å². The molecule has 5 nitrogen and oxygen atoms in total. The summed E-state index contributed by atoms with van der Waals surface area (Å²) >= 11 is 0. The van der Waals surface area contributed by atoms with Crippen molar-refractivity contribution in [3.8, 4) is 0 Å². The third kappa shape index (κ3) is 4.46. The molecule has 11 heavy (non-hydrogen) atoms. The van der Waals surface area contributed by atoms with E-state index in [0.717, 1.165) is 6.92 Å². The van der Waals surface area contributed by atoms with Crippen LogP contribution < -0.4 is 5.73 Å². The molecule has 0 spiro atoms. The van der Waals surface area contributed by atoms with E-state index in [1.165, 1.54) is 0 Å². The van der Waals surface area contributed by atoms with Crippen LogP contribution >= 0.6 is 0 Å². The summed E-state index contributed by atoms with van der Waals surface area (Å²) in [6.07, 6.45) is 0. The van der Waals surface area contributed by atoms with E-state index in [1.54, 1.807) is 0 Å². The highest BCUT2D eigenvalue weighted by Gasteiger charge is 2.10. The fourth-order valence-electron chi connectivity index (χ4n) is 0.337. The van der Waals surface area contributed by atoms with Gasteiger partial charge >= 0.3 is 5.97 Å². The summed E-state index contributed by atoms with van der Waals surface area (Å²) in [4.78, 5) is 20.7. The molecule has 64 valence electrons. The van der Waals surface area contributed by atoms with Crippen LogP contribution in [-0.2, 0) is 14.3 Å². The van der Waals surface area contributed by atoms with Gasteiger partial charge in [-0.25, -0.2) is 4.79 Å². The average Bonchev–Trinajstić information content (AvgIpc) is 1.99. The van der Waals surface area contributed by atoms with Gasteiger partial charge in [0.25, 0.3) is 0 Å². The minimum atomic E-state index is -0.922. The highest BCUT2D eigenvalue weighted by Crippen LogP contribution is 1.83. The summed E-state index contributed by atoms with van der Waals surface area (Å²) in [5, 5.41) is 8.39. The molecule has 0 bridgehead atoms. The number of aliphatic hydroxyl groups is 1. The molecule has 0 fully saturated rings. The molecule has 3 N–H and O–H groups in total. The van der Waals surface area contributed by atoms with Crippen LogP contribution in [0.15, 0.2) is 0 Å². The molecule has 0 aromatic carbocycles. The van der Waals surface area contributed by atoms with Gasteiger partial charge in [0.05, 0.1) is 12.6 Å². The van der Waals surface area contributed by atoms with Crippen molar-refractivity contribution >= 4 is 11.8 Å². The van der Waals surface area contributed by atoms with Gasteiger partial charge in [0.15, 0.2) is 0 Å². The molecule has 0 rings (SSSR count). The minimum Gasteiger partial charge on any atom is -0.458 e. The smallest absolute Gasteiger partial charge is 0.374 e. The average molecular weight is 161 g/mol. The van der Waals surface area contributed by atoms with Gasteiger partial charge in [-0.15, -0.1) is 0 Å². The maximum Gasteiger partial charge on any atom is 0.374 e. The molecule has 0 aliphatic heterocycles. The van der Waals surface area contributed by atoms with Crippen molar-refractivity contribution in [2.75, 3.05) is 13.2 Å². The second-order valence-corrected chi connectivity index (χ2v) is 2.10. The van der Waals surface area contributed by atoms with E-state index >= 15 is 0 Å². The number of carbonyl (C=O) groups excluding carboxylic acids is 2. The molecule has 0 aliphatic carbocycles. The van der Waals surface area contributed by atoms with Crippen molar-refractivity contribution in [3.05, 3.63) is 0 Å². The van der Waals surface area contributed by atoms with Gasteiger partial charge in [-0.3, -0.25) is 4.79 Å². The maximum atomic E-state index is 10.5. The van der Waals surface area contributed by atoms with Crippen LogP contribution in [0, 0.1) is 0 Å². The van der Waals surface area contributed by atoms with E-state index in [0.29, 0.717) is 0 Å². The third-order valence-electron chi connectivity index (χ3n) is 0.950. The van der Waals surface area contributed by atoms with Crippen LogP contribution in [-0.4, -0.2) is 36.1 Å². The first-order valence-corrected chi connectivity index (χ1v) is 3.12. The fraction of sp³-hybridized carbons (Fsp3) is 0.667. The highest BCUT2D eigenvalue weighted by molar-refractivity contribution is 6.32. The van der Waals surface area contributed by atoms with Crippen LogP contribution in [0.1, 0.15) is 6.92 Å². The van der Waals surface area contributed by atoms with Gasteiger partial charge in [-0.05, 0) is 0 Å². The largest absolute Gasteiger partial charge is 0.458 e. The molecular weight excluding hydrogens is 150 g/mol. The van der Waals surface area contributed by atoms with E-state index in [-0.39, 0.29) is 13.2 Å². The molecule has 0 aromatic heterocycles. The second kappa shape index (κ2) is 4.81. The number of hydrogen-bond acceptors (Lipinski definition) is 5. The normalized spacial score (nSPS) is 12.3. The first-order chi connectivity index (χ1) is 5.07. The number of aliphatic hydroxyl groups excluding tert-OH is 1. The van der Waals surface area contributed by atoms with Gasteiger partial charge < -0.3 is 15.6 Å². The molecule has 0 saturated carbocycles. The van der Waals surface area contributed by atoms with Crippen molar-refractivity contribution < 1.29 is 19.4 Å². The summed E-state index contributed by atoms with van der Waals surface area (Å²) in [5.41, 5.74) is 5.18. The monoisotopic (exact) mass is 161 g/mol. The Hall–Kier alpha value is -0.940. The van der Waals surface area contributed by atoms with E-state index in [2.05, 4.69) is 4.74 Å². The Labute approximate surface area is 64.1 Å². The maximum absolute atomic E-state index is 10.5. The first-order valence-electron chi connectivity index (χ1n) is 3.12. The number of rotatable bonds is 4. The molecule has 0 heterocycles. The first kappa shape index (κ1) is 10.1. The number of hydrogen-bond donors (Lipinski definition) is 2. The minimum absolute atomic E-state index is 0.130. The van der Waals surface area contributed by atoms with E-state index < -0.39 is 17.8 Å². The van der Waals surface area contributed by atoms with Crippen LogP contribution in [0.2, 0.25) is 0 Å². The van der Waals surface area contributed by atoms with Gasteiger partial charge in [0.2, 0.25) is 5.78 Å². The summed E-state index contributed by atoms with van der Waals surface area (Å²) in [7, 11) is 0. The topological polar surface area (TPSA) is 89.6 Å². The number of carbonyl (C=O) groups is 2. The van der Waals surface area contributed by atoms with Crippen molar-refractivity contribution in [2.24, 2.45) is 5.73 Å². The molecule has 1 unspecified atom stereocenters. The van der Waals surface area contributed by atoms with Gasteiger partial charge in [-0.1, -0.05) is 0 Å². The Bertz CT molecular complexity index is 157. The molecule has 0 aromatic rings. The van der Waals surface area contributed by atoms with E-state index in [1.807, 2.05) is 0 Å². The van der Waals surface area contributed by atoms with Crippen LogP contribution in [0.3, 0.4) is 0 Å². The summed E-state index contributed by atoms with van der Waals surface area (Å²) in [6, 6.07) is -0.613. The predicted octanol–water partition coefficient (Wildman–Crippen LogP) is -1.56. The van der Waals surface area contributed by atoms with Gasteiger partial charge in [-0.2, -0.15) is 0 Å². The lowest BCUT2D eigenvalue weighted by Crippen LogP contribution is -2.32. The quantitative estimate of drug-likeness (QED) is 0.384.